The van der Waals surface area contributed by atoms with Crippen LogP contribution in [0.25, 0.3) is 11.3 Å². The van der Waals surface area contributed by atoms with Crippen LogP contribution in [0, 0.1) is 12.7 Å². The van der Waals surface area contributed by atoms with Gasteiger partial charge in [0.2, 0.25) is 0 Å². The number of pyridine rings is 1. The number of hydrogen-bond donors (Lipinski definition) is 1. The van der Waals surface area contributed by atoms with Gasteiger partial charge in [-0.3, -0.25) is 4.79 Å². The van der Waals surface area contributed by atoms with Crippen molar-refractivity contribution in [3.05, 3.63) is 65.7 Å². The van der Waals surface area contributed by atoms with Gasteiger partial charge in [0.05, 0.1) is 24.6 Å². The SMILES string of the molecule is Cc1nc(N2CCOCC2)ccc1NC(=O)c1ccc(-c2ccc(F)cc2)n1C. The number of hydrogen-bond acceptors (Lipinski definition) is 4. The predicted octanol–water partition coefficient (Wildman–Crippen LogP) is 3.62. The largest absolute Gasteiger partial charge is 0.378 e. The van der Waals surface area contributed by atoms with Crippen LogP contribution in [0.15, 0.2) is 48.5 Å². The van der Waals surface area contributed by atoms with E-state index in [4.69, 9.17) is 4.74 Å². The third-order valence-corrected chi connectivity index (χ3v) is 5.15. The Kier molecular flexibility index (Phi) is 5.31. The van der Waals surface area contributed by atoms with Gasteiger partial charge in [0.15, 0.2) is 0 Å². The van der Waals surface area contributed by atoms with Gasteiger partial charge in [-0.05, 0) is 61.0 Å². The maximum absolute atomic E-state index is 13.2. The molecule has 1 amide bonds. The van der Waals surface area contributed by atoms with E-state index in [9.17, 15) is 9.18 Å². The maximum Gasteiger partial charge on any atom is 0.272 e. The number of aryl methyl sites for hydroxylation is 1. The number of halogens is 1. The van der Waals surface area contributed by atoms with Gasteiger partial charge in [-0.25, -0.2) is 9.37 Å². The number of aromatic nitrogens is 2. The Labute approximate surface area is 168 Å². The molecule has 0 bridgehead atoms. The van der Waals surface area contributed by atoms with Crippen molar-refractivity contribution >= 4 is 17.4 Å². The van der Waals surface area contributed by atoms with Crippen molar-refractivity contribution in [1.82, 2.24) is 9.55 Å². The van der Waals surface area contributed by atoms with E-state index in [1.807, 2.05) is 32.2 Å². The van der Waals surface area contributed by atoms with Gasteiger partial charge in [0.25, 0.3) is 5.91 Å². The van der Waals surface area contributed by atoms with E-state index in [2.05, 4.69) is 15.2 Å². The quantitative estimate of drug-likeness (QED) is 0.734. The van der Waals surface area contributed by atoms with Crippen molar-refractivity contribution in [1.29, 1.82) is 0 Å². The first-order valence-electron chi connectivity index (χ1n) is 9.56. The summed E-state index contributed by atoms with van der Waals surface area (Å²) < 4.78 is 20.4. The molecule has 150 valence electrons. The molecule has 6 nitrogen and oxygen atoms in total. The minimum Gasteiger partial charge on any atom is -0.378 e. The summed E-state index contributed by atoms with van der Waals surface area (Å²) in [6, 6.07) is 13.6. The van der Waals surface area contributed by atoms with Crippen LogP contribution in [0.2, 0.25) is 0 Å². The summed E-state index contributed by atoms with van der Waals surface area (Å²) in [7, 11) is 1.82. The number of ether oxygens (including phenoxy) is 1. The molecule has 1 aliphatic rings. The van der Waals surface area contributed by atoms with E-state index in [1.54, 1.807) is 22.8 Å². The van der Waals surface area contributed by atoms with Crippen LogP contribution in [0.3, 0.4) is 0 Å². The molecule has 3 heterocycles. The highest BCUT2D eigenvalue weighted by Gasteiger charge is 2.17. The summed E-state index contributed by atoms with van der Waals surface area (Å²) in [5.74, 6) is 0.385. The fourth-order valence-electron chi connectivity index (χ4n) is 3.48. The summed E-state index contributed by atoms with van der Waals surface area (Å²) >= 11 is 0. The lowest BCUT2D eigenvalue weighted by atomic mass is 10.1. The molecule has 0 radical (unpaired) electrons. The number of nitrogens with one attached hydrogen (secondary N) is 1. The second-order valence-electron chi connectivity index (χ2n) is 7.03. The smallest absolute Gasteiger partial charge is 0.272 e. The predicted molar refractivity (Wildman–Crippen MR) is 111 cm³/mol. The number of rotatable bonds is 4. The molecule has 1 aromatic carbocycles. The zero-order valence-electron chi connectivity index (χ0n) is 16.5. The summed E-state index contributed by atoms with van der Waals surface area (Å²) in [5, 5.41) is 2.95. The molecule has 2 aromatic heterocycles. The first-order chi connectivity index (χ1) is 14.0. The van der Waals surface area contributed by atoms with E-state index in [-0.39, 0.29) is 11.7 Å². The monoisotopic (exact) mass is 394 g/mol. The molecule has 1 fully saturated rings. The average molecular weight is 394 g/mol. The van der Waals surface area contributed by atoms with Gasteiger partial charge >= 0.3 is 0 Å². The number of amides is 1. The number of nitrogens with zero attached hydrogens (tertiary/aromatic N) is 3. The van der Waals surface area contributed by atoms with E-state index in [1.165, 1.54) is 12.1 Å². The molecule has 0 aliphatic carbocycles. The van der Waals surface area contributed by atoms with Crippen molar-refractivity contribution in [3.63, 3.8) is 0 Å². The number of morpholine rings is 1. The van der Waals surface area contributed by atoms with Crippen LogP contribution in [-0.2, 0) is 11.8 Å². The highest BCUT2D eigenvalue weighted by atomic mass is 19.1. The number of carbonyl (C=O) groups excluding carboxylic acids is 1. The number of anilines is 2. The first kappa shape index (κ1) is 19.1. The van der Waals surface area contributed by atoms with Crippen molar-refractivity contribution in [2.24, 2.45) is 7.05 Å². The van der Waals surface area contributed by atoms with Gasteiger partial charge in [-0.15, -0.1) is 0 Å². The van der Waals surface area contributed by atoms with Gasteiger partial charge < -0.3 is 19.5 Å². The summed E-state index contributed by atoms with van der Waals surface area (Å²) in [4.78, 5) is 19.6. The molecule has 4 rings (SSSR count). The molecule has 1 aliphatic heterocycles. The molecule has 1 saturated heterocycles. The average Bonchev–Trinajstić information content (AvgIpc) is 3.12. The van der Waals surface area contributed by atoms with Gasteiger partial charge in [-0.1, -0.05) is 0 Å². The Morgan fingerprint density at radius 3 is 2.48 bits per heavy atom. The zero-order chi connectivity index (χ0) is 20.4. The summed E-state index contributed by atoms with van der Waals surface area (Å²) in [5.41, 5.74) is 3.64. The summed E-state index contributed by atoms with van der Waals surface area (Å²) in [6.45, 7) is 4.90. The summed E-state index contributed by atoms with van der Waals surface area (Å²) in [6.07, 6.45) is 0. The Morgan fingerprint density at radius 1 is 1.07 bits per heavy atom. The molecule has 0 atom stereocenters. The van der Waals surface area contributed by atoms with Crippen LogP contribution in [0.5, 0.6) is 0 Å². The van der Waals surface area contributed by atoms with E-state index in [0.717, 1.165) is 35.9 Å². The van der Waals surface area contributed by atoms with E-state index in [0.29, 0.717) is 24.6 Å². The Morgan fingerprint density at radius 2 is 1.79 bits per heavy atom. The van der Waals surface area contributed by atoms with Crippen LogP contribution in [0.4, 0.5) is 15.9 Å². The minimum absolute atomic E-state index is 0.218. The fourth-order valence-corrected chi connectivity index (χ4v) is 3.48. The van der Waals surface area contributed by atoms with Crippen LogP contribution < -0.4 is 10.2 Å². The normalized spacial score (nSPS) is 14.1. The lowest BCUT2D eigenvalue weighted by molar-refractivity contribution is 0.101. The van der Waals surface area contributed by atoms with Crippen molar-refractivity contribution < 1.29 is 13.9 Å². The van der Waals surface area contributed by atoms with Crippen LogP contribution in [0.1, 0.15) is 16.2 Å². The van der Waals surface area contributed by atoms with Gasteiger partial charge in [-0.2, -0.15) is 0 Å². The maximum atomic E-state index is 13.2. The Bertz CT molecular complexity index is 1020. The van der Waals surface area contributed by atoms with Crippen LogP contribution in [-0.4, -0.2) is 41.8 Å². The molecule has 0 saturated carbocycles. The van der Waals surface area contributed by atoms with Crippen LogP contribution >= 0.6 is 0 Å². The zero-order valence-corrected chi connectivity index (χ0v) is 16.5. The minimum atomic E-state index is -0.288. The second kappa shape index (κ2) is 8.05. The molecule has 3 aromatic rings. The second-order valence-corrected chi connectivity index (χ2v) is 7.03. The molecule has 0 spiro atoms. The van der Waals surface area contributed by atoms with Crippen molar-refractivity contribution in [2.75, 3.05) is 36.5 Å². The standard InChI is InChI=1S/C22H23FN4O2/c1-15-18(7-10-21(24-15)27-11-13-29-14-12-27)25-22(28)20-9-8-19(26(20)2)16-3-5-17(23)6-4-16/h3-10H,11-14H2,1-2H3,(H,25,28). The highest BCUT2D eigenvalue weighted by molar-refractivity contribution is 6.04. The van der Waals surface area contributed by atoms with E-state index < -0.39 is 0 Å². The lowest BCUT2D eigenvalue weighted by Gasteiger charge is -2.28. The first-order valence-corrected chi connectivity index (χ1v) is 9.56. The molecule has 1 N–H and O–H groups in total. The van der Waals surface area contributed by atoms with Crippen molar-refractivity contribution in [3.8, 4) is 11.3 Å². The third-order valence-electron chi connectivity index (χ3n) is 5.15. The molecule has 29 heavy (non-hydrogen) atoms. The van der Waals surface area contributed by atoms with E-state index >= 15 is 0 Å². The molecule has 0 unspecified atom stereocenters. The third kappa shape index (κ3) is 4.00. The number of benzene rings is 1. The lowest BCUT2D eigenvalue weighted by Crippen LogP contribution is -2.36. The van der Waals surface area contributed by atoms with Crippen molar-refractivity contribution in [2.45, 2.75) is 6.92 Å². The topological polar surface area (TPSA) is 59.4 Å². The molecular weight excluding hydrogens is 371 g/mol. The highest BCUT2D eigenvalue weighted by Crippen LogP contribution is 2.24. The molecular formula is C22H23FN4O2. The Balaban J connectivity index is 1.51. The molecule has 7 heteroatoms. The van der Waals surface area contributed by atoms with Gasteiger partial charge in [0.1, 0.15) is 17.3 Å². The number of carbonyl (C=O) groups is 1. The Hall–Kier alpha value is -3.19. The fraction of sp³-hybridized carbons (Fsp3) is 0.273. The van der Waals surface area contributed by atoms with Gasteiger partial charge in [0, 0.05) is 25.8 Å².